The molecule has 0 atom stereocenters. The predicted octanol–water partition coefficient (Wildman–Crippen LogP) is 6.07. The lowest BCUT2D eigenvalue weighted by Gasteiger charge is -2.16. The molecule has 0 fully saturated rings. The molecule has 3 nitrogen and oxygen atoms in total. The zero-order chi connectivity index (χ0) is 18.1. The van der Waals surface area contributed by atoms with Crippen molar-refractivity contribution < 1.29 is 0 Å². The summed E-state index contributed by atoms with van der Waals surface area (Å²) in [7, 11) is 0. The van der Waals surface area contributed by atoms with Crippen molar-refractivity contribution in [2.24, 2.45) is 0 Å². The summed E-state index contributed by atoms with van der Waals surface area (Å²) in [5, 5.41) is 12.5. The molecule has 1 aromatic carbocycles. The molecular formula is C21H25N3S2. The van der Waals surface area contributed by atoms with E-state index in [-0.39, 0.29) is 0 Å². The van der Waals surface area contributed by atoms with E-state index < -0.39 is 0 Å². The lowest BCUT2D eigenvalue weighted by atomic mass is 9.95. The van der Waals surface area contributed by atoms with Crippen LogP contribution < -0.4 is 0 Å². The van der Waals surface area contributed by atoms with Crippen LogP contribution in [-0.4, -0.2) is 14.8 Å². The topological polar surface area (TPSA) is 30.7 Å². The van der Waals surface area contributed by atoms with Crippen LogP contribution in [0.2, 0.25) is 0 Å². The van der Waals surface area contributed by atoms with Gasteiger partial charge in [-0.2, -0.15) is 0 Å². The highest BCUT2D eigenvalue weighted by Crippen LogP contribution is 2.38. The summed E-state index contributed by atoms with van der Waals surface area (Å²) in [6, 6.07) is 8.93. The Morgan fingerprint density at radius 1 is 1.15 bits per heavy atom. The zero-order valence-corrected chi connectivity index (χ0v) is 17.3. The van der Waals surface area contributed by atoms with Gasteiger partial charge in [0.2, 0.25) is 0 Å². The minimum absolute atomic E-state index is 0.346. The van der Waals surface area contributed by atoms with E-state index in [0.29, 0.717) is 6.04 Å². The largest absolute Gasteiger partial charge is 0.299 e. The number of hydrogen-bond acceptors (Lipinski definition) is 4. The normalized spacial score (nSPS) is 14.0. The van der Waals surface area contributed by atoms with E-state index in [1.54, 1.807) is 16.6 Å². The van der Waals surface area contributed by atoms with E-state index in [4.69, 9.17) is 0 Å². The first-order valence-electron chi connectivity index (χ1n) is 9.37. The van der Waals surface area contributed by atoms with Crippen molar-refractivity contribution >= 4 is 23.1 Å². The number of thioether (sulfide) groups is 1. The summed E-state index contributed by atoms with van der Waals surface area (Å²) in [4.78, 5) is 1.55. The van der Waals surface area contributed by atoms with Gasteiger partial charge in [0.05, 0.1) is 0 Å². The van der Waals surface area contributed by atoms with Gasteiger partial charge in [0.15, 0.2) is 11.0 Å². The molecule has 0 saturated heterocycles. The second-order valence-corrected chi connectivity index (χ2v) is 9.15. The van der Waals surface area contributed by atoms with Gasteiger partial charge in [-0.1, -0.05) is 36.0 Å². The average molecular weight is 384 g/mol. The third kappa shape index (κ3) is 3.35. The third-order valence-corrected chi connectivity index (χ3v) is 7.18. The summed E-state index contributed by atoms with van der Waals surface area (Å²) in [5.74, 6) is 1.98. The molecule has 0 radical (unpaired) electrons. The molecule has 0 saturated carbocycles. The first-order chi connectivity index (χ1) is 12.6. The number of rotatable bonds is 5. The quantitative estimate of drug-likeness (QED) is 0.501. The highest BCUT2D eigenvalue weighted by Gasteiger charge is 2.23. The summed E-state index contributed by atoms with van der Waals surface area (Å²) < 4.78 is 2.32. The zero-order valence-electron chi connectivity index (χ0n) is 15.7. The van der Waals surface area contributed by atoms with Crippen molar-refractivity contribution in [3.8, 4) is 11.4 Å². The number of benzene rings is 1. The minimum Gasteiger partial charge on any atom is -0.299 e. The Labute approximate surface area is 163 Å². The standard InChI is InChI=1S/C21H25N3S2/c1-14(2)24-20(18-13-25-19-11-7-6-10-17(18)19)22-23-21(24)26-12-16-9-5-4-8-15(16)3/h4-5,8-9,13-14H,6-7,10-12H2,1-3H3. The molecule has 1 aliphatic carbocycles. The Kier molecular flexibility index (Phi) is 5.18. The second kappa shape index (κ2) is 7.57. The molecule has 0 spiro atoms. The van der Waals surface area contributed by atoms with E-state index in [1.165, 1.54) is 47.9 Å². The SMILES string of the molecule is Cc1ccccc1CSc1nnc(-c2csc3c2CCCC3)n1C(C)C. The Balaban J connectivity index is 1.65. The molecule has 0 amide bonds. The van der Waals surface area contributed by atoms with Crippen molar-refractivity contribution in [3.63, 3.8) is 0 Å². The lowest BCUT2D eigenvalue weighted by Crippen LogP contribution is -2.07. The monoisotopic (exact) mass is 383 g/mol. The van der Waals surface area contributed by atoms with Gasteiger partial charge in [-0.25, -0.2) is 0 Å². The van der Waals surface area contributed by atoms with Gasteiger partial charge in [0.25, 0.3) is 0 Å². The van der Waals surface area contributed by atoms with Gasteiger partial charge < -0.3 is 0 Å². The first-order valence-corrected chi connectivity index (χ1v) is 11.2. The molecule has 136 valence electrons. The van der Waals surface area contributed by atoms with Gasteiger partial charge in [-0.05, 0) is 63.1 Å². The molecule has 0 unspecified atom stereocenters. The van der Waals surface area contributed by atoms with Crippen molar-refractivity contribution in [2.75, 3.05) is 0 Å². The Morgan fingerprint density at radius 2 is 1.96 bits per heavy atom. The van der Waals surface area contributed by atoms with Crippen LogP contribution >= 0.6 is 23.1 Å². The number of fused-ring (bicyclic) bond motifs is 1. The maximum atomic E-state index is 4.62. The van der Waals surface area contributed by atoms with Crippen molar-refractivity contribution in [2.45, 2.75) is 63.4 Å². The van der Waals surface area contributed by atoms with Gasteiger partial charge in [-0.15, -0.1) is 21.5 Å². The van der Waals surface area contributed by atoms with Gasteiger partial charge >= 0.3 is 0 Å². The summed E-state index contributed by atoms with van der Waals surface area (Å²) in [6.45, 7) is 6.62. The van der Waals surface area contributed by atoms with E-state index in [0.717, 1.165) is 16.7 Å². The van der Waals surface area contributed by atoms with Crippen molar-refractivity contribution in [1.29, 1.82) is 0 Å². The molecule has 3 aromatic rings. The van der Waals surface area contributed by atoms with Crippen LogP contribution in [0.25, 0.3) is 11.4 Å². The summed E-state index contributed by atoms with van der Waals surface area (Å²) >= 11 is 3.69. The molecule has 1 aliphatic rings. The number of nitrogens with zero attached hydrogens (tertiary/aromatic N) is 3. The number of aryl methyl sites for hydroxylation is 2. The number of thiophene rings is 1. The first kappa shape index (κ1) is 17.8. The predicted molar refractivity (Wildman–Crippen MR) is 111 cm³/mol. The molecule has 0 aliphatic heterocycles. The minimum atomic E-state index is 0.346. The molecule has 4 rings (SSSR count). The molecule has 2 aromatic heterocycles. The van der Waals surface area contributed by atoms with E-state index in [1.807, 2.05) is 11.3 Å². The van der Waals surface area contributed by atoms with Crippen LogP contribution in [0.1, 0.15) is 54.3 Å². The van der Waals surface area contributed by atoms with E-state index in [9.17, 15) is 0 Å². The Morgan fingerprint density at radius 3 is 2.77 bits per heavy atom. The molecule has 0 bridgehead atoms. The molecule has 5 heteroatoms. The van der Waals surface area contributed by atoms with Crippen molar-refractivity contribution in [1.82, 2.24) is 14.8 Å². The summed E-state index contributed by atoms with van der Waals surface area (Å²) in [6.07, 6.45) is 5.03. The maximum absolute atomic E-state index is 4.62. The van der Waals surface area contributed by atoms with Crippen LogP contribution in [0.15, 0.2) is 34.8 Å². The Hall–Kier alpha value is -1.59. The number of hydrogen-bond donors (Lipinski definition) is 0. The number of aromatic nitrogens is 3. The van der Waals surface area contributed by atoms with Crippen LogP contribution in [-0.2, 0) is 18.6 Å². The third-order valence-electron chi connectivity index (χ3n) is 5.10. The second-order valence-electron chi connectivity index (χ2n) is 7.24. The van der Waals surface area contributed by atoms with Gasteiger partial charge in [0.1, 0.15) is 0 Å². The Bertz CT molecular complexity index is 908. The fourth-order valence-electron chi connectivity index (χ4n) is 3.62. The van der Waals surface area contributed by atoms with E-state index in [2.05, 4.69) is 65.2 Å². The van der Waals surface area contributed by atoms with Crippen molar-refractivity contribution in [3.05, 3.63) is 51.2 Å². The van der Waals surface area contributed by atoms with Crippen LogP contribution in [0, 0.1) is 6.92 Å². The highest BCUT2D eigenvalue weighted by atomic mass is 32.2. The fraction of sp³-hybridized carbons (Fsp3) is 0.429. The fourth-order valence-corrected chi connectivity index (χ4v) is 5.89. The lowest BCUT2D eigenvalue weighted by molar-refractivity contribution is 0.554. The van der Waals surface area contributed by atoms with E-state index >= 15 is 0 Å². The summed E-state index contributed by atoms with van der Waals surface area (Å²) in [5.41, 5.74) is 5.53. The highest BCUT2D eigenvalue weighted by molar-refractivity contribution is 7.98. The van der Waals surface area contributed by atoms with Crippen LogP contribution in [0.5, 0.6) is 0 Å². The van der Waals surface area contributed by atoms with Gasteiger partial charge in [0, 0.05) is 27.6 Å². The average Bonchev–Trinajstić information content (AvgIpc) is 3.24. The maximum Gasteiger partial charge on any atom is 0.192 e. The van der Waals surface area contributed by atoms with Crippen LogP contribution in [0.3, 0.4) is 0 Å². The smallest absolute Gasteiger partial charge is 0.192 e. The molecule has 2 heterocycles. The molecular weight excluding hydrogens is 358 g/mol. The molecule has 0 N–H and O–H groups in total. The van der Waals surface area contributed by atoms with Gasteiger partial charge in [-0.3, -0.25) is 4.57 Å². The van der Waals surface area contributed by atoms with Crippen LogP contribution in [0.4, 0.5) is 0 Å². The molecule has 26 heavy (non-hydrogen) atoms.